The van der Waals surface area contributed by atoms with Crippen LogP contribution in [0.15, 0.2) is 24.5 Å². The van der Waals surface area contributed by atoms with Crippen LogP contribution in [0.25, 0.3) is 0 Å². The van der Waals surface area contributed by atoms with E-state index in [2.05, 4.69) is 15.3 Å². The maximum Gasteiger partial charge on any atom is 0.422 e. The first-order valence-corrected chi connectivity index (χ1v) is 8.77. The van der Waals surface area contributed by atoms with Crippen LogP contribution in [0.3, 0.4) is 0 Å². The summed E-state index contributed by atoms with van der Waals surface area (Å²) in [6, 6.07) is 4.75. The van der Waals surface area contributed by atoms with E-state index in [1.165, 1.54) is 19.5 Å². The van der Waals surface area contributed by atoms with Gasteiger partial charge in [0.25, 0.3) is 0 Å². The number of aromatic nitrogens is 2. The largest absolute Gasteiger partial charge is 0.493 e. The van der Waals surface area contributed by atoms with E-state index < -0.39 is 12.8 Å². The van der Waals surface area contributed by atoms with Crippen LogP contribution >= 0.6 is 23.2 Å². The standard InChI is InChI=1S/C17H18Cl2F3N3O2/c1-10(18)15-14(19)16(25-9-24-15)23-6-5-11-3-4-12(13(7-11)26-2)27-8-17(20,21)22/h3-4,7,9-10H,5-6,8H2,1-2H3,(H,23,24,25). The number of alkyl halides is 4. The summed E-state index contributed by atoms with van der Waals surface area (Å²) in [5, 5.41) is 3.09. The van der Waals surface area contributed by atoms with E-state index in [4.69, 9.17) is 32.7 Å². The minimum absolute atomic E-state index is 0.0334. The fraction of sp³-hybridized carbons (Fsp3) is 0.412. The van der Waals surface area contributed by atoms with Crippen molar-refractivity contribution in [2.24, 2.45) is 0 Å². The molecule has 1 unspecified atom stereocenters. The number of anilines is 1. The van der Waals surface area contributed by atoms with Crippen LogP contribution in [0.2, 0.25) is 5.02 Å². The summed E-state index contributed by atoms with van der Waals surface area (Å²) in [6.07, 6.45) is -2.48. The quantitative estimate of drug-likeness (QED) is 0.603. The van der Waals surface area contributed by atoms with E-state index in [0.717, 1.165) is 5.56 Å². The van der Waals surface area contributed by atoms with Gasteiger partial charge in [-0.15, -0.1) is 11.6 Å². The lowest BCUT2D eigenvalue weighted by Gasteiger charge is -2.14. The van der Waals surface area contributed by atoms with Crippen molar-refractivity contribution in [2.45, 2.75) is 24.9 Å². The maximum absolute atomic E-state index is 12.3. The lowest BCUT2D eigenvalue weighted by molar-refractivity contribution is -0.153. The van der Waals surface area contributed by atoms with E-state index in [-0.39, 0.29) is 16.9 Å². The summed E-state index contributed by atoms with van der Waals surface area (Å²) in [6.45, 7) is 0.866. The van der Waals surface area contributed by atoms with Crippen LogP contribution in [0, 0.1) is 0 Å². The summed E-state index contributed by atoms with van der Waals surface area (Å²) < 4.78 is 46.7. The number of ether oxygens (including phenoxy) is 2. The van der Waals surface area contributed by atoms with Gasteiger partial charge in [-0.05, 0) is 31.0 Å². The number of nitrogens with one attached hydrogen (secondary N) is 1. The molecule has 2 rings (SSSR count). The smallest absolute Gasteiger partial charge is 0.422 e. The van der Waals surface area contributed by atoms with Gasteiger partial charge in [-0.2, -0.15) is 13.2 Å². The molecule has 0 spiro atoms. The Morgan fingerprint density at radius 2 is 1.96 bits per heavy atom. The van der Waals surface area contributed by atoms with Crippen LogP contribution in [0.5, 0.6) is 11.5 Å². The summed E-state index contributed by atoms with van der Waals surface area (Å²) >= 11 is 12.2. The average molecular weight is 424 g/mol. The minimum Gasteiger partial charge on any atom is -0.493 e. The molecular formula is C17H18Cl2F3N3O2. The zero-order valence-corrected chi connectivity index (χ0v) is 16.1. The topological polar surface area (TPSA) is 56.3 Å². The second kappa shape index (κ2) is 9.32. The zero-order chi connectivity index (χ0) is 20.0. The Hall–Kier alpha value is -1.93. The van der Waals surface area contributed by atoms with Gasteiger partial charge in [0.05, 0.1) is 18.2 Å². The molecule has 5 nitrogen and oxygen atoms in total. The number of benzene rings is 1. The fourth-order valence-electron chi connectivity index (χ4n) is 2.26. The lowest BCUT2D eigenvalue weighted by atomic mass is 10.1. The van der Waals surface area contributed by atoms with Crippen LogP contribution in [0.1, 0.15) is 23.6 Å². The van der Waals surface area contributed by atoms with Crippen LogP contribution < -0.4 is 14.8 Å². The highest BCUT2D eigenvalue weighted by atomic mass is 35.5. The molecule has 0 saturated heterocycles. The zero-order valence-electron chi connectivity index (χ0n) is 14.6. The predicted octanol–water partition coefficient (Wildman–Crippen LogP) is 5.03. The molecule has 1 aromatic heterocycles. The number of nitrogens with zero attached hydrogens (tertiary/aromatic N) is 2. The van der Waals surface area contributed by atoms with Crippen LogP contribution in [-0.4, -0.2) is 36.4 Å². The first-order valence-electron chi connectivity index (χ1n) is 7.96. The molecule has 1 aromatic carbocycles. The highest BCUT2D eigenvalue weighted by Gasteiger charge is 2.29. The maximum atomic E-state index is 12.3. The van der Waals surface area contributed by atoms with E-state index in [1.807, 2.05) is 0 Å². The Morgan fingerprint density at radius 1 is 1.22 bits per heavy atom. The Balaban J connectivity index is 1.99. The third-order valence-corrected chi connectivity index (χ3v) is 4.10. The van der Waals surface area contributed by atoms with Crippen molar-refractivity contribution in [3.05, 3.63) is 40.8 Å². The normalized spacial score (nSPS) is 12.6. The molecule has 27 heavy (non-hydrogen) atoms. The monoisotopic (exact) mass is 423 g/mol. The van der Waals surface area contributed by atoms with E-state index in [9.17, 15) is 13.2 Å². The molecule has 148 valence electrons. The molecule has 0 aliphatic carbocycles. The number of hydrogen-bond acceptors (Lipinski definition) is 5. The van der Waals surface area contributed by atoms with Crippen molar-refractivity contribution in [1.82, 2.24) is 9.97 Å². The Kier molecular flexibility index (Phi) is 7.38. The fourth-order valence-corrected chi connectivity index (χ4v) is 2.80. The van der Waals surface area contributed by atoms with Crippen molar-refractivity contribution in [2.75, 3.05) is 25.6 Å². The van der Waals surface area contributed by atoms with Crippen molar-refractivity contribution in [3.63, 3.8) is 0 Å². The number of hydrogen-bond donors (Lipinski definition) is 1. The second-order valence-corrected chi connectivity index (χ2v) is 6.64. The van der Waals surface area contributed by atoms with Crippen LogP contribution in [0.4, 0.5) is 19.0 Å². The summed E-state index contributed by atoms with van der Waals surface area (Å²) in [4.78, 5) is 8.13. The van der Waals surface area contributed by atoms with Crippen LogP contribution in [-0.2, 0) is 6.42 Å². The van der Waals surface area contributed by atoms with Gasteiger partial charge in [0.1, 0.15) is 17.2 Å². The molecule has 0 bridgehead atoms. The Morgan fingerprint density at radius 3 is 2.59 bits per heavy atom. The molecular weight excluding hydrogens is 406 g/mol. The first-order chi connectivity index (χ1) is 12.7. The van der Waals surface area contributed by atoms with Gasteiger partial charge >= 0.3 is 6.18 Å². The Labute approximate surface area is 164 Å². The highest BCUT2D eigenvalue weighted by molar-refractivity contribution is 6.34. The SMILES string of the molecule is COc1cc(CCNc2ncnc(C(C)Cl)c2Cl)ccc1OCC(F)(F)F. The summed E-state index contributed by atoms with van der Waals surface area (Å²) in [5.74, 6) is 0.729. The summed E-state index contributed by atoms with van der Waals surface area (Å²) in [7, 11) is 1.37. The molecule has 2 aromatic rings. The van der Waals surface area contributed by atoms with Crippen molar-refractivity contribution in [3.8, 4) is 11.5 Å². The Bertz CT molecular complexity index is 774. The molecule has 0 radical (unpaired) electrons. The highest BCUT2D eigenvalue weighted by Crippen LogP contribution is 2.31. The van der Waals surface area contributed by atoms with Gasteiger partial charge in [0, 0.05) is 6.54 Å². The van der Waals surface area contributed by atoms with E-state index in [0.29, 0.717) is 29.5 Å². The molecule has 0 fully saturated rings. The van der Waals surface area contributed by atoms with Gasteiger partial charge in [0.2, 0.25) is 0 Å². The van der Waals surface area contributed by atoms with Crippen molar-refractivity contribution < 1.29 is 22.6 Å². The summed E-state index contributed by atoms with van der Waals surface area (Å²) in [5.41, 5.74) is 1.37. The molecule has 0 aliphatic rings. The van der Waals surface area contributed by atoms with Gasteiger partial charge < -0.3 is 14.8 Å². The molecule has 1 heterocycles. The third-order valence-electron chi connectivity index (χ3n) is 3.52. The first kappa shape index (κ1) is 21.4. The molecule has 0 aliphatic heterocycles. The van der Waals surface area contributed by atoms with Gasteiger partial charge in [-0.3, -0.25) is 0 Å². The minimum atomic E-state index is -4.41. The molecule has 0 saturated carbocycles. The van der Waals surface area contributed by atoms with E-state index in [1.54, 1.807) is 19.1 Å². The van der Waals surface area contributed by atoms with E-state index >= 15 is 0 Å². The predicted molar refractivity (Wildman–Crippen MR) is 98.0 cm³/mol. The lowest BCUT2D eigenvalue weighted by Crippen LogP contribution is -2.19. The van der Waals surface area contributed by atoms with Gasteiger partial charge in [-0.25, -0.2) is 9.97 Å². The number of halogens is 5. The number of rotatable bonds is 8. The second-order valence-electron chi connectivity index (χ2n) is 5.60. The van der Waals surface area contributed by atoms with Crippen molar-refractivity contribution >= 4 is 29.0 Å². The van der Waals surface area contributed by atoms with Gasteiger partial charge in [0.15, 0.2) is 18.1 Å². The molecule has 10 heteroatoms. The third kappa shape index (κ3) is 6.32. The molecule has 1 atom stereocenters. The number of methoxy groups -OCH3 is 1. The van der Waals surface area contributed by atoms with Crippen molar-refractivity contribution in [1.29, 1.82) is 0 Å². The molecule has 1 N–H and O–H groups in total. The average Bonchev–Trinajstić information content (AvgIpc) is 2.60. The van der Waals surface area contributed by atoms with Gasteiger partial charge in [-0.1, -0.05) is 17.7 Å². The molecule has 0 amide bonds.